The summed E-state index contributed by atoms with van der Waals surface area (Å²) in [5.74, 6) is -3.85. The van der Waals surface area contributed by atoms with E-state index in [0.29, 0.717) is 12.8 Å². The molecule has 1 aromatic carbocycles. The summed E-state index contributed by atoms with van der Waals surface area (Å²) in [7, 11) is 3.04. The van der Waals surface area contributed by atoms with Crippen LogP contribution < -0.4 is 9.47 Å². The van der Waals surface area contributed by atoms with Crippen molar-refractivity contribution in [3.63, 3.8) is 0 Å². The molecule has 0 unspecified atom stereocenters. The van der Waals surface area contributed by atoms with Gasteiger partial charge >= 0.3 is 6.18 Å². The zero-order valence-corrected chi connectivity index (χ0v) is 34.3. The van der Waals surface area contributed by atoms with Crippen LogP contribution in [0.2, 0.25) is 18.1 Å². The van der Waals surface area contributed by atoms with Crippen molar-refractivity contribution in [2.75, 3.05) is 41.5 Å². The number of methoxy groups -OCH3 is 2. The van der Waals surface area contributed by atoms with E-state index in [0.717, 1.165) is 18.9 Å². The van der Waals surface area contributed by atoms with Gasteiger partial charge in [0.25, 0.3) is 5.88 Å². The average molecular weight is 781 g/mol. The maximum Gasteiger partial charge on any atom is 0.417 e. The largest absolute Gasteiger partial charge is 0.508 e. The van der Waals surface area contributed by atoms with E-state index in [1.54, 1.807) is 14.1 Å². The number of aromatic nitrogens is 1. The molecule has 0 aliphatic heterocycles. The van der Waals surface area contributed by atoms with Crippen LogP contribution in [0.25, 0.3) is 0 Å². The van der Waals surface area contributed by atoms with Gasteiger partial charge in [-0.2, -0.15) is 13.2 Å². The van der Waals surface area contributed by atoms with Crippen molar-refractivity contribution in [3.8, 4) is 11.6 Å². The summed E-state index contributed by atoms with van der Waals surface area (Å²) in [5, 5.41) is 16.5. The molecule has 15 heteroatoms. The number of fused-ring (bicyclic) bond motifs is 4. The highest BCUT2D eigenvalue weighted by atomic mass is 28.4. The highest BCUT2D eigenvalue weighted by molar-refractivity contribution is 6.74. The Balaban J connectivity index is 1.85. The van der Waals surface area contributed by atoms with Crippen LogP contribution in [0.4, 0.5) is 13.2 Å². The summed E-state index contributed by atoms with van der Waals surface area (Å²) in [6.45, 7) is 14.2. The number of ether oxygens (including phenoxy) is 4. The monoisotopic (exact) mass is 780 g/mol. The van der Waals surface area contributed by atoms with E-state index in [2.05, 4.69) is 5.16 Å². The molecule has 5 rings (SSSR count). The van der Waals surface area contributed by atoms with Crippen molar-refractivity contribution in [3.05, 3.63) is 51.0 Å². The van der Waals surface area contributed by atoms with Crippen LogP contribution in [0.3, 0.4) is 0 Å². The number of alkyl halides is 3. The van der Waals surface area contributed by atoms with E-state index in [-0.39, 0.29) is 71.3 Å². The molecular formula is C39H55F3N2O9Si. The molecule has 0 amide bonds. The minimum atomic E-state index is -4.92. The number of ketones is 2. The lowest BCUT2D eigenvalue weighted by atomic mass is 9.58. The summed E-state index contributed by atoms with van der Waals surface area (Å²) < 4.78 is 81.4. The maximum atomic E-state index is 15.3. The van der Waals surface area contributed by atoms with Crippen molar-refractivity contribution in [2.24, 2.45) is 11.8 Å². The molecule has 1 N–H and O–H groups in total. The second-order valence-corrected chi connectivity index (χ2v) is 21.0. The fourth-order valence-electron chi connectivity index (χ4n) is 7.94. The van der Waals surface area contributed by atoms with Gasteiger partial charge in [-0.25, -0.2) is 0 Å². The maximum absolute atomic E-state index is 15.3. The first-order valence-electron chi connectivity index (χ1n) is 18.7. The lowest BCUT2D eigenvalue weighted by Gasteiger charge is -2.55. The van der Waals surface area contributed by atoms with Crippen LogP contribution >= 0.6 is 0 Å². The number of nitrogens with zero attached hydrogens (tertiary/aromatic N) is 2. The molecule has 0 bridgehead atoms. The molecule has 4 atom stereocenters. The quantitative estimate of drug-likeness (QED) is 0.112. The number of halogens is 3. The molecule has 0 saturated heterocycles. The molecule has 1 heterocycles. The molecule has 11 nitrogen and oxygen atoms in total. The number of unbranched alkanes of at least 4 members (excludes halogenated alkanes) is 2. The van der Waals surface area contributed by atoms with E-state index in [1.165, 1.54) is 14.2 Å². The first kappa shape index (κ1) is 41.9. The van der Waals surface area contributed by atoms with Gasteiger partial charge in [-0.1, -0.05) is 47.5 Å². The van der Waals surface area contributed by atoms with Crippen molar-refractivity contribution in [1.82, 2.24) is 10.1 Å². The predicted octanol–water partition coefficient (Wildman–Crippen LogP) is 8.79. The Labute approximate surface area is 316 Å². The van der Waals surface area contributed by atoms with E-state index >= 15 is 22.8 Å². The molecule has 54 heavy (non-hydrogen) atoms. The Bertz CT molecular complexity index is 1780. The second kappa shape index (κ2) is 15.4. The molecule has 0 saturated carbocycles. The van der Waals surface area contributed by atoms with Gasteiger partial charge in [-0.05, 0) is 80.6 Å². The topological polar surface area (TPSA) is 130 Å². The second-order valence-electron chi connectivity index (χ2n) is 16.3. The Morgan fingerprint density at radius 3 is 2.19 bits per heavy atom. The normalized spacial score (nSPS) is 23.1. The third-order valence-electron chi connectivity index (χ3n) is 11.6. The number of carbonyl (C=O) groups excluding carboxylic acids is 2. The molecule has 0 spiro atoms. The van der Waals surface area contributed by atoms with Gasteiger partial charge in [0, 0.05) is 31.3 Å². The standard InChI is InChI=1S/C39H55F3N2O9Si/c1-12-14-16-50-25-20-23(36(48-8)49-9)29(39(40,41)42)22-18-21-19-24-30(44(6)7)32-28(35(43-52-32)51-17-15-13-2)34(47)38(24,53-54(10,11)37(3,4)5)33(46)26(21)31(45)27(22)25/h20-21,24,30,36,46H,12-19H2,1-11H3/t21-,24-,30-,38-/m0/s1. The number of allylic oxidation sites excluding steroid dienone is 1. The number of rotatable bonds is 14. The third kappa shape index (κ3) is 6.92. The van der Waals surface area contributed by atoms with Crippen LogP contribution in [-0.4, -0.2) is 82.2 Å². The summed E-state index contributed by atoms with van der Waals surface area (Å²) in [6, 6.07) is 0.404. The summed E-state index contributed by atoms with van der Waals surface area (Å²) >= 11 is 0. The first-order valence-corrected chi connectivity index (χ1v) is 21.6. The third-order valence-corrected chi connectivity index (χ3v) is 16.0. The number of Topliss-reactive ketones (excluding diaryl/α,β-unsaturated/α-hetero) is 2. The fourth-order valence-corrected chi connectivity index (χ4v) is 9.39. The Kier molecular flexibility index (Phi) is 11.9. The number of carbonyl (C=O) groups is 2. The van der Waals surface area contributed by atoms with Gasteiger partial charge in [-0.3, -0.25) is 14.5 Å². The Morgan fingerprint density at radius 2 is 1.65 bits per heavy atom. The van der Waals surface area contributed by atoms with Crippen LogP contribution in [0.15, 0.2) is 21.9 Å². The van der Waals surface area contributed by atoms with Crippen LogP contribution in [0, 0.1) is 11.8 Å². The average Bonchev–Trinajstić information content (AvgIpc) is 3.48. The van der Waals surface area contributed by atoms with E-state index in [1.807, 2.05) is 52.6 Å². The number of aliphatic hydroxyl groups is 1. The van der Waals surface area contributed by atoms with Crippen molar-refractivity contribution >= 4 is 19.9 Å². The van der Waals surface area contributed by atoms with Gasteiger partial charge in [0.15, 0.2) is 31.8 Å². The van der Waals surface area contributed by atoms with Gasteiger partial charge in [-0.15, -0.1) is 0 Å². The van der Waals surface area contributed by atoms with E-state index in [4.69, 9.17) is 27.9 Å². The summed E-state index contributed by atoms with van der Waals surface area (Å²) in [6.07, 6.45) is -3.80. The first-order chi connectivity index (χ1) is 25.2. The van der Waals surface area contributed by atoms with E-state index in [9.17, 15) is 5.11 Å². The minimum Gasteiger partial charge on any atom is -0.508 e. The molecule has 1 aromatic heterocycles. The van der Waals surface area contributed by atoms with Gasteiger partial charge in [0.1, 0.15) is 17.1 Å². The summed E-state index contributed by atoms with van der Waals surface area (Å²) in [5.41, 5.74) is -4.20. The van der Waals surface area contributed by atoms with Crippen molar-refractivity contribution in [2.45, 2.75) is 115 Å². The van der Waals surface area contributed by atoms with Gasteiger partial charge in [0.05, 0.1) is 30.4 Å². The lowest BCUT2D eigenvalue weighted by Crippen LogP contribution is -2.65. The predicted molar refractivity (Wildman–Crippen MR) is 197 cm³/mol. The van der Waals surface area contributed by atoms with Gasteiger partial charge < -0.3 is 33.0 Å². The van der Waals surface area contributed by atoms with Crippen molar-refractivity contribution in [1.29, 1.82) is 0 Å². The molecule has 3 aliphatic rings. The number of aliphatic hydroxyl groups excluding tert-OH is 1. The Morgan fingerprint density at radius 1 is 1.04 bits per heavy atom. The molecule has 0 fully saturated rings. The summed E-state index contributed by atoms with van der Waals surface area (Å²) in [4.78, 5) is 32.1. The molecule has 3 aliphatic carbocycles. The zero-order chi connectivity index (χ0) is 40.1. The fraction of sp³-hybridized carbons (Fsp3) is 0.667. The SMILES string of the molecule is CCCCOc1cc(C(OC)OC)c(C(F)(F)F)c2c1C(=O)C1=C(O)[C@]3(O[Si](C)(C)C(C)(C)C)C(=O)c4c(OCCCC)noc4[C@@H](N(C)C)[C@@H]3C[C@@H]1C2. The molecular weight excluding hydrogens is 726 g/mol. The smallest absolute Gasteiger partial charge is 0.417 e. The van der Waals surface area contributed by atoms with Gasteiger partial charge in [0.2, 0.25) is 5.78 Å². The molecule has 300 valence electrons. The van der Waals surface area contributed by atoms with Crippen LogP contribution in [0.1, 0.15) is 122 Å². The number of hydrogen-bond donors (Lipinski definition) is 1. The number of hydrogen-bond acceptors (Lipinski definition) is 11. The molecule has 0 radical (unpaired) electrons. The van der Waals surface area contributed by atoms with Crippen molar-refractivity contribution < 1.29 is 55.8 Å². The minimum absolute atomic E-state index is 0.00544. The van der Waals surface area contributed by atoms with Crippen LogP contribution in [0.5, 0.6) is 11.6 Å². The molecule has 2 aromatic rings. The lowest BCUT2D eigenvalue weighted by molar-refractivity contribution is -0.148. The number of benzene rings is 1. The van der Waals surface area contributed by atoms with Crippen LogP contribution in [-0.2, 0) is 26.5 Å². The zero-order valence-electron chi connectivity index (χ0n) is 33.3. The Hall–Kier alpha value is -3.24. The highest BCUT2D eigenvalue weighted by Gasteiger charge is 2.67. The van der Waals surface area contributed by atoms with E-state index < -0.39 is 72.2 Å². The highest BCUT2D eigenvalue weighted by Crippen LogP contribution is 2.60.